The van der Waals surface area contributed by atoms with E-state index in [0.29, 0.717) is 11.6 Å². The Kier molecular flexibility index (Phi) is 4.79. The molecule has 3 aromatic rings. The molecule has 0 saturated carbocycles. The van der Waals surface area contributed by atoms with Crippen LogP contribution in [0.15, 0.2) is 48.8 Å². The van der Waals surface area contributed by atoms with Crippen molar-refractivity contribution >= 4 is 17.5 Å². The van der Waals surface area contributed by atoms with Crippen molar-refractivity contribution in [2.75, 3.05) is 10.6 Å². The molecule has 7 heteroatoms. The Morgan fingerprint density at radius 2 is 1.58 bits per heavy atom. The number of rotatable bonds is 4. The van der Waals surface area contributed by atoms with Crippen molar-refractivity contribution in [2.24, 2.45) is 0 Å². The summed E-state index contributed by atoms with van der Waals surface area (Å²) in [5.74, 6) is -0.757. The van der Waals surface area contributed by atoms with E-state index < -0.39 is 11.6 Å². The topological polar surface area (TPSA) is 62.7 Å². The van der Waals surface area contributed by atoms with Gasteiger partial charge in [0, 0.05) is 29.6 Å². The highest BCUT2D eigenvalue weighted by atomic mass is 19.1. The number of para-hydroxylation sites is 1. The molecule has 0 bridgehead atoms. The molecule has 3 rings (SSSR count). The van der Waals surface area contributed by atoms with Gasteiger partial charge in [0.05, 0.1) is 5.69 Å². The van der Waals surface area contributed by atoms with Crippen molar-refractivity contribution in [2.45, 2.75) is 26.3 Å². The van der Waals surface area contributed by atoms with Gasteiger partial charge in [-0.25, -0.2) is 13.8 Å². The van der Waals surface area contributed by atoms with Crippen LogP contribution in [0.4, 0.5) is 26.2 Å². The molecular formula is C19H19F2N5. The van der Waals surface area contributed by atoms with Crippen molar-refractivity contribution in [3.8, 4) is 11.3 Å². The van der Waals surface area contributed by atoms with E-state index in [-0.39, 0.29) is 17.0 Å². The van der Waals surface area contributed by atoms with Gasteiger partial charge >= 0.3 is 0 Å². The van der Waals surface area contributed by atoms with Gasteiger partial charge in [-0.1, -0.05) is 6.07 Å². The molecule has 2 heterocycles. The van der Waals surface area contributed by atoms with Crippen molar-refractivity contribution in [1.82, 2.24) is 15.0 Å². The first-order chi connectivity index (χ1) is 12.3. The number of halogens is 2. The fraction of sp³-hybridized carbons (Fsp3) is 0.211. The van der Waals surface area contributed by atoms with E-state index in [1.807, 2.05) is 20.8 Å². The highest BCUT2D eigenvalue weighted by Gasteiger charge is 2.15. The predicted octanol–water partition coefficient (Wildman–Crippen LogP) is 4.77. The maximum atomic E-state index is 14.0. The molecular weight excluding hydrogens is 336 g/mol. The second kappa shape index (κ2) is 7.03. The Labute approximate surface area is 150 Å². The molecule has 1 aromatic carbocycles. The summed E-state index contributed by atoms with van der Waals surface area (Å²) in [6, 6.07) is 8.92. The molecule has 0 spiro atoms. The molecule has 0 saturated heterocycles. The molecule has 2 aromatic heterocycles. The lowest BCUT2D eigenvalue weighted by atomic mass is 10.1. The molecule has 5 nitrogen and oxygen atoms in total. The predicted molar refractivity (Wildman–Crippen MR) is 98.3 cm³/mol. The van der Waals surface area contributed by atoms with Crippen LogP contribution in [0, 0.1) is 11.6 Å². The van der Waals surface area contributed by atoms with Gasteiger partial charge in [-0.2, -0.15) is 4.98 Å². The van der Waals surface area contributed by atoms with Gasteiger partial charge in [0.15, 0.2) is 0 Å². The van der Waals surface area contributed by atoms with Gasteiger partial charge in [0.1, 0.15) is 23.1 Å². The van der Waals surface area contributed by atoms with Gasteiger partial charge < -0.3 is 10.6 Å². The third-order valence-corrected chi connectivity index (χ3v) is 3.40. The van der Waals surface area contributed by atoms with Crippen molar-refractivity contribution in [1.29, 1.82) is 0 Å². The van der Waals surface area contributed by atoms with Crippen molar-refractivity contribution < 1.29 is 8.78 Å². The normalized spacial score (nSPS) is 11.3. The summed E-state index contributed by atoms with van der Waals surface area (Å²) in [6.07, 6.45) is 3.30. The van der Waals surface area contributed by atoms with Crippen LogP contribution in [0.1, 0.15) is 20.8 Å². The lowest BCUT2D eigenvalue weighted by molar-refractivity contribution is 0.590. The lowest BCUT2D eigenvalue weighted by Gasteiger charge is -2.21. The molecule has 0 atom stereocenters. The van der Waals surface area contributed by atoms with Crippen LogP contribution in [-0.2, 0) is 0 Å². The number of pyridine rings is 1. The quantitative estimate of drug-likeness (QED) is 0.706. The zero-order chi connectivity index (χ0) is 18.7. The fourth-order valence-corrected chi connectivity index (χ4v) is 2.32. The molecule has 0 aliphatic rings. The zero-order valence-electron chi connectivity index (χ0n) is 14.7. The summed E-state index contributed by atoms with van der Waals surface area (Å²) < 4.78 is 27.9. The SMILES string of the molecule is CC(C)(C)Nc1nc(Nc2c(F)cccc2F)cc(-c2ccncc2)n1. The Morgan fingerprint density at radius 3 is 2.19 bits per heavy atom. The highest BCUT2D eigenvalue weighted by molar-refractivity contribution is 5.67. The van der Waals surface area contributed by atoms with Gasteiger partial charge in [0.25, 0.3) is 0 Å². The molecule has 2 N–H and O–H groups in total. The smallest absolute Gasteiger partial charge is 0.225 e. The summed E-state index contributed by atoms with van der Waals surface area (Å²) in [5.41, 5.74) is 0.885. The average molecular weight is 355 g/mol. The maximum absolute atomic E-state index is 14.0. The van der Waals surface area contributed by atoms with Gasteiger partial charge in [0.2, 0.25) is 5.95 Å². The number of aromatic nitrogens is 3. The number of hydrogen-bond acceptors (Lipinski definition) is 5. The molecule has 0 aliphatic heterocycles. The molecule has 0 amide bonds. The van der Waals surface area contributed by atoms with Crippen LogP contribution < -0.4 is 10.6 Å². The van der Waals surface area contributed by atoms with E-state index in [1.54, 1.807) is 30.6 Å². The summed E-state index contributed by atoms with van der Waals surface area (Å²) in [6.45, 7) is 5.91. The molecule has 0 unspecified atom stereocenters. The number of nitrogens with one attached hydrogen (secondary N) is 2. The third kappa shape index (κ3) is 4.30. The summed E-state index contributed by atoms with van der Waals surface area (Å²) >= 11 is 0. The van der Waals surface area contributed by atoms with E-state index in [9.17, 15) is 8.78 Å². The van der Waals surface area contributed by atoms with Crippen LogP contribution in [-0.4, -0.2) is 20.5 Å². The lowest BCUT2D eigenvalue weighted by Crippen LogP contribution is -2.27. The average Bonchev–Trinajstić information content (AvgIpc) is 2.57. The van der Waals surface area contributed by atoms with Crippen molar-refractivity contribution in [3.63, 3.8) is 0 Å². The minimum atomic E-state index is -0.695. The summed E-state index contributed by atoms with van der Waals surface area (Å²) in [5, 5.41) is 5.90. The van der Waals surface area contributed by atoms with Crippen LogP contribution >= 0.6 is 0 Å². The Morgan fingerprint density at radius 1 is 0.923 bits per heavy atom. The summed E-state index contributed by atoms with van der Waals surface area (Å²) in [7, 11) is 0. The van der Waals surface area contributed by atoms with Crippen LogP contribution in [0.3, 0.4) is 0 Å². The largest absolute Gasteiger partial charge is 0.350 e. The first kappa shape index (κ1) is 17.7. The molecule has 0 aliphatic carbocycles. The minimum absolute atomic E-state index is 0.256. The second-order valence-corrected chi connectivity index (χ2v) is 6.79. The Balaban J connectivity index is 2.05. The van der Waals surface area contributed by atoms with Crippen LogP contribution in [0.2, 0.25) is 0 Å². The number of hydrogen-bond donors (Lipinski definition) is 2. The molecule has 0 radical (unpaired) electrons. The van der Waals surface area contributed by atoms with Gasteiger partial charge in [-0.15, -0.1) is 0 Å². The van der Waals surface area contributed by atoms with E-state index in [2.05, 4.69) is 25.6 Å². The maximum Gasteiger partial charge on any atom is 0.225 e. The van der Waals surface area contributed by atoms with E-state index >= 15 is 0 Å². The monoisotopic (exact) mass is 355 g/mol. The number of benzene rings is 1. The standard InChI is InChI=1S/C19H19F2N5/c1-19(2,3)26-18-23-15(12-7-9-22-10-8-12)11-16(25-18)24-17-13(20)5-4-6-14(17)21/h4-11H,1-3H3,(H2,23,24,25,26). The molecule has 0 fully saturated rings. The Bertz CT molecular complexity index is 887. The van der Waals surface area contributed by atoms with Gasteiger partial charge in [-0.3, -0.25) is 4.98 Å². The molecule has 26 heavy (non-hydrogen) atoms. The van der Waals surface area contributed by atoms with E-state index in [0.717, 1.165) is 5.56 Å². The van der Waals surface area contributed by atoms with E-state index in [1.165, 1.54) is 18.2 Å². The fourth-order valence-electron chi connectivity index (χ4n) is 2.32. The van der Waals surface area contributed by atoms with Gasteiger partial charge in [-0.05, 0) is 45.0 Å². The van der Waals surface area contributed by atoms with E-state index in [4.69, 9.17) is 0 Å². The number of anilines is 3. The second-order valence-electron chi connectivity index (χ2n) is 6.79. The van der Waals surface area contributed by atoms with Crippen LogP contribution in [0.25, 0.3) is 11.3 Å². The van der Waals surface area contributed by atoms with Crippen molar-refractivity contribution in [3.05, 3.63) is 60.4 Å². The third-order valence-electron chi connectivity index (χ3n) is 3.40. The minimum Gasteiger partial charge on any atom is -0.350 e. The first-order valence-electron chi connectivity index (χ1n) is 8.10. The Hall–Kier alpha value is -3.09. The summed E-state index contributed by atoms with van der Waals surface area (Å²) in [4.78, 5) is 12.8. The first-order valence-corrected chi connectivity index (χ1v) is 8.10. The van der Waals surface area contributed by atoms with Crippen LogP contribution in [0.5, 0.6) is 0 Å². The molecule has 134 valence electrons. The highest BCUT2D eigenvalue weighted by Crippen LogP contribution is 2.26. The number of nitrogens with zero attached hydrogens (tertiary/aromatic N) is 3. The zero-order valence-corrected chi connectivity index (χ0v) is 14.7.